The molecule has 0 saturated carbocycles. The minimum Gasteiger partial charge on any atom is -0.466 e. The highest BCUT2D eigenvalue weighted by Gasteiger charge is 2.06. The maximum atomic E-state index is 12.2. The Bertz CT molecular complexity index is 248. The minimum absolute atomic E-state index is 0.00784. The van der Waals surface area contributed by atoms with Crippen LogP contribution in [0.25, 0.3) is 0 Å². The number of rotatable bonds is 10. The smallest absolute Gasteiger partial charge is 0.302 e. The van der Waals surface area contributed by atoms with Crippen molar-refractivity contribution in [1.29, 1.82) is 0 Å². The molecule has 0 fully saturated rings. The molecule has 1 unspecified atom stereocenters. The van der Waals surface area contributed by atoms with Gasteiger partial charge in [0.05, 0.1) is 6.61 Å². The van der Waals surface area contributed by atoms with E-state index >= 15 is 0 Å². The van der Waals surface area contributed by atoms with E-state index in [0.29, 0.717) is 6.61 Å². The van der Waals surface area contributed by atoms with Crippen LogP contribution in [0.2, 0.25) is 0 Å². The van der Waals surface area contributed by atoms with Gasteiger partial charge < -0.3 is 4.74 Å². The molecule has 2 nitrogen and oxygen atoms in total. The lowest BCUT2D eigenvalue weighted by Crippen LogP contribution is -2.00. The van der Waals surface area contributed by atoms with E-state index in [2.05, 4.69) is 0 Å². The Kier molecular flexibility index (Phi) is 10.6. The van der Waals surface area contributed by atoms with E-state index in [-0.39, 0.29) is 11.9 Å². The topological polar surface area (TPSA) is 26.3 Å². The SMILES string of the molecule is CCCC(C=C(F)F)CCCCCCOC(C)=O. The second-order valence-corrected chi connectivity index (χ2v) is 4.55. The molecular weight excluding hydrogens is 238 g/mol. The van der Waals surface area contributed by atoms with Gasteiger partial charge in [0, 0.05) is 6.92 Å². The van der Waals surface area contributed by atoms with E-state index in [0.717, 1.165) is 51.0 Å². The number of carbonyl (C=O) groups excluding carboxylic acids is 1. The Balaban J connectivity index is 3.55. The summed E-state index contributed by atoms with van der Waals surface area (Å²) >= 11 is 0. The number of halogens is 2. The van der Waals surface area contributed by atoms with E-state index < -0.39 is 6.08 Å². The first-order valence-corrected chi connectivity index (χ1v) is 6.72. The zero-order valence-corrected chi connectivity index (χ0v) is 11.4. The van der Waals surface area contributed by atoms with Gasteiger partial charge in [-0.25, -0.2) is 0 Å². The third kappa shape index (κ3) is 11.6. The first kappa shape index (κ1) is 17.1. The third-order valence-corrected chi connectivity index (χ3v) is 2.80. The Morgan fingerprint density at radius 2 is 1.83 bits per heavy atom. The predicted octanol–water partition coefficient (Wildman–Crippen LogP) is 4.70. The quantitative estimate of drug-likeness (QED) is 0.421. The van der Waals surface area contributed by atoms with E-state index in [1.165, 1.54) is 6.92 Å². The second-order valence-electron chi connectivity index (χ2n) is 4.55. The van der Waals surface area contributed by atoms with Gasteiger partial charge >= 0.3 is 5.97 Å². The lowest BCUT2D eigenvalue weighted by Gasteiger charge is -2.10. The average Bonchev–Trinajstić information content (AvgIpc) is 2.26. The summed E-state index contributed by atoms with van der Waals surface area (Å²) in [5.74, 6) is -0.241. The molecule has 0 amide bonds. The molecule has 0 bridgehead atoms. The highest BCUT2D eigenvalue weighted by Crippen LogP contribution is 2.20. The summed E-state index contributed by atoms with van der Waals surface area (Å²) in [5, 5.41) is 0. The van der Waals surface area contributed by atoms with Crippen molar-refractivity contribution in [2.24, 2.45) is 5.92 Å². The Morgan fingerprint density at radius 3 is 2.39 bits per heavy atom. The molecule has 0 saturated heterocycles. The molecule has 0 aliphatic rings. The van der Waals surface area contributed by atoms with Crippen molar-refractivity contribution >= 4 is 5.97 Å². The molecule has 18 heavy (non-hydrogen) atoms. The Morgan fingerprint density at radius 1 is 1.17 bits per heavy atom. The number of carbonyl (C=O) groups is 1. The van der Waals surface area contributed by atoms with Gasteiger partial charge in [-0.15, -0.1) is 0 Å². The van der Waals surface area contributed by atoms with Crippen molar-refractivity contribution in [2.75, 3.05) is 6.61 Å². The van der Waals surface area contributed by atoms with Gasteiger partial charge in [0.25, 0.3) is 6.08 Å². The highest BCUT2D eigenvalue weighted by atomic mass is 19.3. The summed E-state index contributed by atoms with van der Waals surface area (Å²) in [6, 6.07) is 0. The summed E-state index contributed by atoms with van der Waals surface area (Å²) < 4.78 is 29.2. The van der Waals surface area contributed by atoms with Crippen LogP contribution in [0, 0.1) is 5.92 Å². The van der Waals surface area contributed by atoms with Gasteiger partial charge in [-0.2, -0.15) is 8.78 Å². The van der Waals surface area contributed by atoms with Crippen molar-refractivity contribution in [3.05, 3.63) is 12.2 Å². The first-order valence-electron chi connectivity index (χ1n) is 6.72. The molecule has 0 aromatic heterocycles. The molecule has 0 aliphatic carbocycles. The number of esters is 1. The van der Waals surface area contributed by atoms with Gasteiger partial charge in [0.2, 0.25) is 0 Å². The van der Waals surface area contributed by atoms with Crippen molar-refractivity contribution in [3.63, 3.8) is 0 Å². The number of ether oxygens (including phenoxy) is 1. The van der Waals surface area contributed by atoms with Crippen LogP contribution in [0.1, 0.15) is 58.8 Å². The van der Waals surface area contributed by atoms with Crippen LogP contribution in [0.15, 0.2) is 12.2 Å². The van der Waals surface area contributed by atoms with E-state index in [4.69, 9.17) is 4.74 Å². The van der Waals surface area contributed by atoms with Crippen LogP contribution in [0.3, 0.4) is 0 Å². The largest absolute Gasteiger partial charge is 0.466 e. The Hall–Kier alpha value is -0.930. The summed E-state index contributed by atoms with van der Waals surface area (Å²) in [6.07, 6.45) is 5.88. The van der Waals surface area contributed by atoms with Gasteiger partial charge in [-0.05, 0) is 31.3 Å². The van der Waals surface area contributed by atoms with Crippen LogP contribution >= 0.6 is 0 Å². The average molecular weight is 262 g/mol. The number of unbranched alkanes of at least 4 members (excludes halogenated alkanes) is 3. The van der Waals surface area contributed by atoms with Crippen molar-refractivity contribution in [1.82, 2.24) is 0 Å². The van der Waals surface area contributed by atoms with E-state index in [1.54, 1.807) is 0 Å². The van der Waals surface area contributed by atoms with Gasteiger partial charge in [0.15, 0.2) is 0 Å². The molecule has 0 heterocycles. The third-order valence-electron chi connectivity index (χ3n) is 2.80. The molecule has 106 valence electrons. The lowest BCUT2D eigenvalue weighted by molar-refractivity contribution is -0.141. The fourth-order valence-electron chi connectivity index (χ4n) is 1.94. The zero-order valence-electron chi connectivity index (χ0n) is 11.4. The monoisotopic (exact) mass is 262 g/mol. The summed E-state index contributed by atoms with van der Waals surface area (Å²) in [6.45, 7) is 3.87. The fraction of sp³-hybridized carbons (Fsp3) is 0.786. The molecular formula is C14H24F2O2. The van der Waals surface area contributed by atoms with Crippen molar-refractivity contribution < 1.29 is 18.3 Å². The molecule has 0 aromatic rings. The minimum atomic E-state index is -1.57. The number of hydrogen-bond donors (Lipinski definition) is 0. The van der Waals surface area contributed by atoms with Crippen molar-refractivity contribution in [2.45, 2.75) is 58.8 Å². The molecule has 4 heteroatoms. The van der Waals surface area contributed by atoms with Crippen LogP contribution < -0.4 is 0 Å². The summed E-state index contributed by atoms with van der Waals surface area (Å²) in [5.41, 5.74) is 0. The first-order chi connectivity index (χ1) is 8.56. The molecule has 0 spiro atoms. The maximum absolute atomic E-state index is 12.2. The van der Waals surface area contributed by atoms with Gasteiger partial charge in [-0.1, -0.05) is 32.6 Å². The highest BCUT2D eigenvalue weighted by molar-refractivity contribution is 5.65. The van der Waals surface area contributed by atoms with Crippen LogP contribution in [-0.2, 0) is 9.53 Å². The fourth-order valence-corrected chi connectivity index (χ4v) is 1.94. The number of hydrogen-bond acceptors (Lipinski definition) is 2. The summed E-state index contributed by atoms with van der Waals surface area (Å²) in [4.78, 5) is 10.5. The standard InChI is InChI=1S/C14H24F2O2/c1-3-8-13(11-14(15)16)9-6-4-5-7-10-18-12(2)17/h11,13H,3-10H2,1-2H3. The lowest BCUT2D eigenvalue weighted by atomic mass is 9.96. The summed E-state index contributed by atoms with van der Waals surface area (Å²) in [7, 11) is 0. The maximum Gasteiger partial charge on any atom is 0.302 e. The van der Waals surface area contributed by atoms with Crippen LogP contribution in [-0.4, -0.2) is 12.6 Å². The van der Waals surface area contributed by atoms with Gasteiger partial charge in [0.1, 0.15) is 0 Å². The molecule has 0 rings (SSSR count). The molecule has 0 aromatic carbocycles. The van der Waals surface area contributed by atoms with Crippen LogP contribution in [0.4, 0.5) is 8.78 Å². The van der Waals surface area contributed by atoms with E-state index in [1.807, 2.05) is 6.92 Å². The molecule has 1 atom stereocenters. The van der Waals surface area contributed by atoms with Crippen LogP contribution in [0.5, 0.6) is 0 Å². The predicted molar refractivity (Wildman–Crippen MR) is 68.4 cm³/mol. The normalized spacial score (nSPS) is 12.0. The van der Waals surface area contributed by atoms with Gasteiger partial charge in [-0.3, -0.25) is 4.79 Å². The molecule has 0 radical (unpaired) electrons. The molecule has 0 N–H and O–H groups in total. The number of allylic oxidation sites excluding steroid dienone is 1. The van der Waals surface area contributed by atoms with E-state index in [9.17, 15) is 13.6 Å². The second kappa shape index (κ2) is 11.2. The molecule has 0 aliphatic heterocycles. The Labute approximate surface area is 108 Å². The van der Waals surface area contributed by atoms with Crippen molar-refractivity contribution in [3.8, 4) is 0 Å². The zero-order chi connectivity index (χ0) is 13.8.